The maximum atomic E-state index is 14.0. The Morgan fingerprint density at radius 1 is 1.12 bits per heavy atom. The number of carbonyl (C=O) groups is 4. The predicted octanol–water partition coefficient (Wildman–Crippen LogP) is 2.52. The molecule has 2 heterocycles. The van der Waals surface area contributed by atoms with Gasteiger partial charge in [0.15, 0.2) is 0 Å². The number of benzene rings is 2. The number of halogens is 1. The summed E-state index contributed by atoms with van der Waals surface area (Å²) in [6, 6.07) is 11.2. The van der Waals surface area contributed by atoms with E-state index in [0.29, 0.717) is 32.2 Å². The number of hydrogen-bond acceptors (Lipinski definition) is 5. The molecule has 4 amide bonds. The maximum Gasteiger partial charge on any atom is 0.250 e. The Balaban J connectivity index is 1.50. The van der Waals surface area contributed by atoms with E-state index in [2.05, 4.69) is 16.0 Å². The zero-order valence-corrected chi connectivity index (χ0v) is 23.9. The van der Waals surface area contributed by atoms with Crippen LogP contribution < -0.4 is 20.9 Å². The Morgan fingerprint density at radius 2 is 1.85 bits per heavy atom. The van der Waals surface area contributed by atoms with E-state index in [1.807, 2.05) is 63.2 Å². The Bertz CT molecular complexity index is 1270. The summed E-state index contributed by atoms with van der Waals surface area (Å²) in [5.41, 5.74) is 4.72. The first-order valence-corrected chi connectivity index (χ1v) is 14.2. The summed E-state index contributed by atoms with van der Waals surface area (Å²) < 4.78 is 17.3. The van der Waals surface area contributed by atoms with Gasteiger partial charge in [0, 0.05) is 13.0 Å². The molecule has 220 valence electrons. The van der Waals surface area contributed by atoms with Gasteiger partial charge in [-0.05, 0) is 42.4 Å². The maximum absolute atomic E-state index is 14.0. The molecule has 2 aromatic rings. The molecule has 0 fully saturated rings. The fourth-order valence-corrected chi connectivity index (χ4v) is 5.39. The first-order chi connectivity index (χ1) is 19.7. The summed E-state index contributed by atoms with van der Waals surface area (Å²) in [5.74, 6) is -1.85. The van der Waals surface area contributed by atoms with Crippen molar-refractivity contribution in [3.63, 3.8) is 0 Å². The van der Waals surface area contributed by atoms with Crippen molar-refractivity contribution in [1.29, 1.82) is 0 Å². The Morgan fingerprint density at radius 3 is 2.56 bits per heavy atom. The van der Waals surface area contributed by atoms with Gasteiger partial charge in [-0.1, -0.05) is 68.3 Å². The Hall–Kier alpha value is -3.79. The van der Waals surface area contributed by atoms with Gasteiger partial charge in [-0.25, -0.2) is 4.39 Å². The van der Waals surface area contributed by atoms with Crippen LogP contribution in [0.15, 0.2) is 42.5 Å². The van der Waals surface area contributed by atoms with Gasteiger partial charge in [-0.3, -0.25) is 24.1 Å². The van der Waals surface area contributed by atoms with Crippen LogP contribution in [0.2, 0.25) is 0 Å². The highest BCUT2D eigenvalue weighted by atomic mass is 19.1. The second kappa shape index (κ2) is 13.7. The van der Waals surface area contributed by atoms with Gasteiger partial charge in [0.25, 0.3) is 0 Å². The number of nitrogens with one attached hydrogen (secondary N) is 3. The Labute approximate surface area is 240 Å². The number of alkyl halides is 1. The summed E-state index contributed by atoms with van der Waals surface area (Å²) in [6.07, 6.45) is 1.90. The molecule has 0 unspecified atom stereocenters. The monoisotopic (exact) mass is 566 g/mol. The number of hydrogen-bond donors (Lipinski definition) is 3. The van der Waals surface area contributed by atoms with Crippen LogP contribution in [0.25, 0.3) is 0 Å². The largest absolute Gasteiger partial charge is 0.369 e. The van der Waals surface area contributed by atoms with Crippen molar-refractivity contribution in [1.82, 2.24) is 16.0 Å². The van der Waals surface area contributed by atoms with Crippen molar-refractivity contribution in [3.05, 3.63) is 64.7 Å². The van der Waals surface area contributed by atoms with Crippen LogP contribution in [0.1, 0.15) is 48.9 Å². The molecule has 0 aliphatic carbocycles. The van der Waals surface area contributed by atoms with E-state index < -0.39 is 36.6 Å². The second-order valence-corrected chi connectivity index (χ2v) is 10.8. The summed E-state index contributed by atoms with van der Waals surface area (Å²) >= 11 is 0. The molecule has 0 bridgehead atoms. The smallest absolute Gasteiger partial charge is 0.250 e. The van der Waals surface area contributed by atoms with E-state index in [9.17, 15) is 23.6 Å². The molecule has 0 aromatic heterocycles. The third-order valence-electron chi connectivity index (χ3n) is 7.88. The van der Waals surface area contributed by atoms with Crippen molar-refractivity contribution < 1.29 is 28.3 Å². The minimum absolute atomic E-state index is 0.206. The van der Waals surface area contributed by atoms with E-state index in [1.165, 1.54) is 0 Å². The lowest BCUT2D eigenvalue weighted by Gasteiger charge is -2.30. The van der Waals surface area contributed by atoms with Gasteiger partial charge in [0.1, 0.15) is 31.4 Å². The third kappa shape index (κ3) is 7.11. The van der Waals surface area contributed by atoms with E-state index in [4.69, 9.17) is 4.74 Å². The fourth-order valence-electron chi connectivity index (χ4n) is 5.39. The van der Waals surface area contributed by atoms with Crippen LogP contribution in [-0.2, 0) is 43.3 Å². The number of nitrogens with zero attached hydrogens (tertiary/aromatic N) is 1. The normalized spacial score (nSPS) is 19.1. The van der Waals surface area contributed by atoms with E-state index in [1.54, 1.807) is 4.90 Å². The summed E-state index contributed by atoms with van der Waals surface area (Å²) in [4.78, 5) is 54.8. The van der Waals surface area contributed by atoms with Crippen LogP contribution in [0.4, 0.5) is 10.1 Å². The van der Waals surface area contributed by atoms with Crippen LogP contribution >= 0.6 is 0 Å². The molecule has 0 radical (unpaired) electrons. The number of ether oxygens (including phenoxy) is 1. The Kier molecular flexibility index (Phi) is 10.1. The van der Waals surface area contributed by atoms with Crippen LogP contribution in [0.5, 0.6) is 0 Å². The van der Waals surface area contributed by atoms with Crippen molar-refractivity contribution >= 4 is 29.3 Å². The van der Waals surface area contributed by atoms with Gasteiger partial charge in [-0.15, -0.1) is 0 Å². The van der Waals surface area contributed by atoms with Gasteiger partial charge >= 0.3 is 0 Å². The number of carbonyl (C=O) groups excluding carboxylic acids is 4. The van der Waals surface area contributed by atoms with Crippen LogP contribution in [0.3, 0.4) is 0 Å². The van der Waals surface area contributed by atoms with E-state index in [0.717, 1.165) is 27.9 Å². The van der Waals surface area contributed by atoms with Crippen molar-refractivity contribution in [3.8, 4) is 0 Å². The van der Waals surface area contributed by atoms with E-state index in [-0.39, 0.29) is 30.9 Å². The predicted molar refractivity (Wildman–Crippen MR) is 153 cm³/mol. The van der Waals surface area contributed by atoms with Gasteiger partial charge in [-0.2, -0.15) is 0 Å². The topological polar surface area (TPSA) is 117 Å². The first kappa shape index (κ1) is 30.2. The van der Waals surface area contributed by atoms with Crippen LogP contribution in [0, 0.1) is 12.8 Å². The average molecular weight is 567 g/mol. The van der Waals surface area contributed by atoms with Crippen molar-refractivity contribution in [2.24, 2.45) is 5.92 Å². The molecule has 41 heavy (non-hydrogen) atoms. The number of aryl methyl sites for hydroxylation is 2. The zero-order valence-electron chi connectivity index (χ0n) is 23.9. The van der Waals surface area contributed by atoms with Crippen molar-refractivity contribution in [2.45, 2.75) is 71.1 Å². The molecule has 4 atom stereocenters. The van der Waals surface area contributed by atoms with Crippen molar-refractivity contribution in [2.75, 3.05) is 24.8 Å². The third-order valence-corrected chi connectivity index (χ3v) is 7.88. The molecule has 2 aliphatic heterocycles. The second-order valence-electron chi connectivity index (χ2n) is 10.8. The fraction of sp³-hybridized carbons (Fsp3) is 0.484. The van der Waals surface area contributed by atoms with Gasteiger partial charge in [0.05, 0.1) is 12.3 Å². The highest BCUT2D eigenvalue weighted by Crippen LogP contribution is 2.39. The molecular formula is C31H39FN4O5. The molecule has 2 aromatic carbocycles. The van der Waals surface area contributed by atoms with Gasteiger partial charge < -0.3 is 20.7 Å². The number of rotatable bonds is 12. The first-order valence-electron chi connectivity index (χ1n) is 14.2. The summed E-state index contributed by atoms with van der Waals surface area (Å²) in [6.45, 7) is 4.79. The molecule has 2 aliphatic rings. The molecular weight excluding hydrogens is 527 g/mol. The lowest BCUT2D eigenvalue weighted by Crippen LogP contribution is -2.58. The molecule has 10 heteroatoms. The quantitative estimate of drug-likeness (QED) is 0.342. The molecule has 0 spiro atoms. The molecule has 4 rings (SSSR count). The standard InChI is InChI=1S/C31H39FN4O5/c1-4-20(3)27(35-26(37)18-41-15-14-32)30(39)34-24-13-12-22-6-5-7-23-16-25(36(28(22)23)31(24)40)29(38)33-17-21-10-8-19(2)9-11-21/h5-11,20,24-25,27H,4,12-18H2,1-3H3,(H,33,38)(H,34,39)(H,35,37)/t20-,24-,25-,27-/m0/s1. The minimum Gasteiger partial charge on any atom is -0.369 e. The molecule has 3 N–H and O–H groups in total. The van der Waals surface area contributed by atoms with Crippen LogP contribution in [-0.4, -0.2) is 61.6 Å². The summed E-state index contributed by atoms with van der Waals surface area (Å²) in [7, 11) is 0. The molecule has 0 saturated heterocycles. The lowest BCUT2D eigenvalue weighted by atomic mass is 9.97. The average Bonchev–Trinajstić information content (AvgIpc) is 3.31. The van der Waals surface area contributed by atoms with E-state index >= 15 is 0 Å². The number of anilines is 1. The SMILES string of the molecule is CC[C@H](C)[C@H](NC(=O)COCCF)C(=O)N[C@H]1CCc2cccc3c2N(C1=O)[C@H](C(=O)NCc1ccc(C)cc1)C3. The van der Waals surface area contributed by atoms with Gasteiger partial charge in [0.2, 0.25) is 23.6 Å². The minimum atomic E-state index is -0.900. The summed E-state index contributed by atoms with van der Waals surface area (Å²) in [5, 5.41) is 8.52. The molecule has 0 saturated carbocycles. The lowest BCUT2D eigenvalue weighted by molar-refractivity contribution is -0.134. The molecule has 9 nitrogen and oxygen atoms in total. The number of amides is 4. The zero-order chi connectivity index (χ0) is 29.5. The highest BCUT2D eigenvalue weighted by Gasteiger charge is 2.44. The number of para-hydroxylation sites is 1. The highest BCUT2D eigenvalue weighted by molar-refractivity contribution is 6.08.